The third kappa shape index (κ3) is 12.5. The van der Waals surface area contributed by atoms with Gasteiger partial charge in [-0.2, -0.15) is 0 Å². The Morgan fingerprint density at radius 3 is 1.83 bits per heavy atom. The molecule has 1 aromatic carbocycles. The minimum atomic E-state index is -1.11. The van der Waals surface area contributed by atoms with Gasteiger partial charge in [-0.25, -0.2) is 9.59 Å². The topological polar surface area (TPSA) is 63.6 Å². The number of hydrogen-bond donors (Lipinski definition) is 1. The van der Waals surface area contributed by atoms with Crippen molar-refractivity contribution in [2.45, 2.75) is 96.8 Å². The van der Waals surface area contributed by atoms with Gasteiger partial charge in [0, 0.05) is 0 Å². The Balaban J connectivity index is 1.95. The van der Waals surface area contributed by atoms with E-state index in [1.165, 1.54) is 69.9 Å². The third-order valence-electron chi connectivity index (χ3n) is 5.27. The SMILES string of the molecule is CCCCCCCCCC/C=C/CCCCCCOC(=O)c1ccccc1C(=O)O. The zero-order chi connectivity index (χ0) is 21.9. The number of carboxylic acids is 1. The highest BCUT2D eigenvalue weighted by atomic mass is 16.5. The smallest absolute Gasteiger partial charge is 0.339 e. The molecule has 4 heteroatoms. The van der Waals surface area contributed by atoms with E-state index < -0.39 is 11.9 Å². The molecule has 30 heavy (non-hydrogen) atoms. The lowest BCUT2D eigenvalue weighted by Gasteiger charge is -2.07. The van der Waals surface area contributed by atoms with E-state index in [1.54, 1.807) is 12.1 Å². The second kappa shape index (κ2) is 17.7. The zero-order valence-electron chi connectivity index (χ0n) is 18.7. The maximum atomic E-state index is 12.0. The molecule has 0 fully saturated rings. The summed E-state index contributed by atoms with van der Waals surface area (Å²) in [6.07, 6.45) is 22.0. The average Bonchev–Trinajstić information content (AvgIpc) is 2.75. The minimum absolute atomic E-state index is 0.0127. The molecule has 168 valence electrons. The summed E-state index contributed by atoms with van der Waals surface area (Å²) in [4.78, 5) is 23.2. The summed E-state index contributed by atoms with van der Waals surface area (Å²) >= 11 is 0. The zero-order valence-corrected chi connectivity index (χ0v) is 18.7. The predicted octanol–water partition coefficient (Wildman–Crippen LogP) is 7.58. The predicted molar refractivity (Wildman–Crippen MR) is 123 cm³/mol. The molecule has 0 unspecified atom stereocenters. The van der Waals surface area contributed by atoms with Crippen LogP contribution in [0.1, 0.15) is 118 Å². The molecule has 4 nitrogen and oxygen atoms in total. The first-order valence-corrected chi connectivity index (χ1v) is 11.8. The molecule has 0 amide bonds. The van der Waals surface area contributed by atoms with E-state index in [-0.39, 0.29) is 11.1 Å². The summed E-state index contributed by atoms with van der Waals surface area (Å²) in [6, 6.07) is 6.16. The molecule has 1 aromatic rings. The second-order valence-corrected chi connectivity index (χ2v) is 7.92. The monoisotopic (exact) mass is 416 g/mol. The number of ether oxygens (including phenoxy) is 1. The van der Waals surface area contributed by atoms with Gasteiger partial charge in [-0.1, -0.05) is 89.0 Å². The van der Waals surface area contributed by atoms with E-state index in [4.69, 9.17) is 9.84 Å². The summed E-state index contributed by atoms with van der Waals surface area (Å²) < 4.78 is 5.22. The van der Waals surface area contributed by atoms with Crippen molar-refractivity contribution in [3.05, 3.63) is 47.5 Å². The van der Waals surface area contributed by atoms with Gasteiger partial charge in [0.25, 0.3) is 0 Å². The van der Waals surface area contributed by atoms with E-state index in [0.717, 1.165) is 32.1 Å². The number of hydrogen-bond acceptors (Lipinski definition) is 3. The van der Waals surface area contributed by atoms with Crippen LogP contribution in [0.3, 0.4) is 0 Å². The van der Waals surface area contributed by atoms with Crippen molar-refractivity contribution in [1.29, 1.82) is 0 Å². The minimum Gasteiger partial charge on any atom is -0.478 e. The van der Waals surface area contributed by atoms with Crippen LogP contribution >= 0.6 is 0 Å². The molecule has 0 saturated heterocycles. The van der Waals surface area contributed by atoms with Crippen LogP contribution < -0.4 is 0 Å². The van der Waals surface area contributed by atoms with Gasteiger partial charge in [0.1, 0.15) is 0 Å². The van der Waals surface area contributed by atoms with E-state index >= 15 is 0 Å². The lowest BCUT2D eigenvalue weighted by atomic mass is 10.1. The van der Waals surface area contributed by atoms with Crippen LogP contribution in [0.4, 0.5) is 0 Å². The van der Waals surface area contributed by atoms with E-state index in [1.807, 2.05) is 0 Å². The molecule has 0 bridgehead atoms. The number of allylic oxidation sites excluding steroid dienone is 2. The molecule has 0 aliphatic heterocycles. The van der Waals surface area contributed by atoms with Crippen LogP contribution in [0.5, 0.6) is 0 Å². The third-order valence-corrected chi connectivity index (χ3v) is 5.27. The Labute approximate surface area is 182 Å². The van der Waals surface area contributed by atoms with Gasteiger partial charge in [-0.05, 0) is 44.2 Å². The maximum absolute atomic E-state index is 12.0. The van der Waals surface area contributed by atoms with Crippen LogP contribution in [0, 0.1) is 0 Å². The van der Waals surface area contributed by atoms with Gasteiger partial charge in [-0.3, -0.25) is 0 Å². The van der Waals surface area contributed by atoms with E-state index in [2.05, 4.69) is 19.1 Å². The lowest BCUT2D eigenvalue weighted by Crippen LogP contribution is -2.12. The number of esters is 1. The molecule has 0 spiro atoms. The molecular weight excluding hydrogens is 376 g/mol. The second-order valence-electron chi connectivity index (χ2n) is 7.92. The van der Waals surface area contributed by atoms with Crippen molar-refractivity contribution in [2.24, 2.45) is 0 Å². The quantitative estimate of drug-likeness (QED) is 0.152. The Morgan fingerprint density at radius 2 is 1.27 bits per heavy atom. The Hall–Kier alpha value is -2.10. The fraction of sp³-hybridized carbons (Fsp3) is 0.615. The van der Waals surface area contributed by atoms with Crippen LogP contribution in [-0.2, 0) is 4.74 Å². The first-order valence-electron chi connectivity index (χ1n) is 11.8. The largest absolute Gasteiger partial charge is 0.478 e. The molecule has 0 heterocycles. The maximum Gasteiger partial charge on any atom is 0.339 e. The highest BCUT2D eigenvalue weighted by Gasteiger charge is 2.16. The molecule has 0 aliphatic carbocycles. The molecule has 0 aliphatic rings. The summed E-state index contributed by atoms with van der Waals surface area (Å²) in [5.41, 5.74) is 0.105. The number of unbranched alkanes of at least 4 members (excludes halogenated alkanes) is 12. The van der Waals surface area contributed by atoms with Gasteiger partial charge in [0.15, 0.2) is 0 Å². The number of rotatable bonds is 18. The Kier molecular flexibility index (Phi) is 15.3. The molecule has 0 atom stereocenters. The highest BCUT2D eigenvalue weighted by Crippen LogP contribution is 2.12. The summed E-state index contributed by atoms with van der Waals surface area (Å²) in [5, 5.41) is 9.12. The molecule has 0 saturated carbocycles. The fourth-order valence-electron chi connectivity index (χ4n) is 3.44. The fourth-order valence-corrected chi connectivity index (χ4v) is 3.44. The number of carbonyl (C=O) groups excluding carboxylic acids is 1. The van der Waals surface area contributed by atoms with Crippen molar-refractivity contribution >= 4 is 11.9 Å². The number of benzene rings is 1. The lowest BCUT2D eigenvalue weighted by molar-refractivity contribution is 0.0487. The summed E-state index contributed by atoms with van der Waals surface area (Å²) in [6.45, 7) is 2.59. The van der Waals surface area contributed by atoms with Gasteiger partial charge in [0.05, 0.1) is 17.7 Å². The van der Waals surface area contributed by atoms with Crippen molar-refractivity contribution in [3.63, 3.8) is 0 Å². The van der Waals surface area contributed by atoms with Crippen molar-refractivity contribution in [3.8, 4) is 0 Å². The molecule has 0 aromatic heterocycles. The van der Waals surface area contributed by atoms with Crippen molar-refractivity contribution in [1.82, 2.24) is 0 Å². The van der Waals surface area contributed by atoms with Gasteiger partial charge in [0.2, 0.25) is 0 Å². The number of carbonyl (C=O) groups is 2. The normalized spacial score (nSPS) is 11.1. The van der Waals surface area contributed by atoms with Crippen molar-refractivity contribution in [2.75, 3.05) is 6.61 Å². The highest BCUT2D eigenvalue weighted by molar-refractivity contribution is 6.02. The molecule has 1 N–H and O–H groups in total. The number of aromatic carboxylic acids is 1. The van der Waals surface area contributed by atoms with Crippen LogP contribution in [0.2, 0.25) is 0 Å². The number of carboxylic acid groups (broad SMARTS) is 1. The van der Waals surface area contributed by atoms with Gasteiger partial charge >= 0.3 is 11.9 Å². The van der Waals surface area contributed by atoms with E-state index in [0.29, 0.717) is 6.61 Å². The first kappa shape index (κ1) is 25.9. The first-order chi connectivity index (χ1) is 14.7. The summed E-state index contributed by atoms with van der Waals surface area (Å²) in [5.74, 6) is -1.67. The van der Waals surface area contributed by atoms with Crippen molar-refractivity contribution < 1.29 is 19.4 Å². The van der Waals surface area contributed by atoms with Gasteiger partial charge in [-0.15, -0.1) is 0 Å². The Bertz CT molecular complexity index is 621. The molecule has 1 rings (SSSR count). The van der Waals surface area contributed by atoms with Gasteiger partial charge < -0.3 is 9.84 Å². The van der Waals surface area contributed by atoms with Crippen LogP contribution in [0.25, 0.3) is 0 Å². The summed E-state index contributed by atoms with van der Waals surface area (Å²) in [7, 11) is 0. The van der Waals surface area contributed by atoms with Crippen LogP contribution in [-0.4, -0.2) is 23.7 Å². The standard InChI is InChI=1S/C26H40O4/c1-2-3-4-5-6-7-8-9-10-11-12-13-14-15-16-19-22-30-26(29)24-21-18-17-20-23(24)25(27)28/h11-12,17-18,20-21H,2-10,13-16,19,22H2,1H3,(H,27,28)/b12-11+. The van der Waals surface area contributed by atoms with E-state index in [9.17, 15) is 9.59 Å². The Morgan fingerprint density at radius 1 is 0.767 bits per heavy atom. The molecule has 0 radical (unpaired) electrons. The van der Waals surface area contributed by atoms with Crippen LogP contribution in [0.15, 0.2) is 36.4 Å². The average molecular weight is 417 g/mol. The molecular formula is C26H40O4.